The van der Waals surface area contributed by atoms with Gasteiger partial charge in [0.1, 0.15) is 0 Å². The van der Waals surface area contributed by atoms with Gasteiger partial charge in [0, 0.05) is 19.2 Å². The Morgan fingerprint density at radius 2 is 1.76 bits per heavy atom. The molecule has 2 amide bonds. The third-order valence-corrected chi connectivity index (χ3v) is 4.30. The van der Waals surface area contributed by atoms with E-state index < -0.39 is 5.97 Å². The zero-order chi connectivity index (χ0) is 18.1. The van der Waals surface area contributed by atoms with Crippen molar-refractivity contribution in [1.29, 1.82) is 0 Å². The SMILES string of the molecule is CC(=O)Nc1ccc(CC(=O)OCC(=O)NCC2CCCCC2)cc1. The molecule has 1 aliphatic rings. The molecule has 2 rings (SSSR count). The van der Waals surface area contributed by atoms with Gasteiger partial charge in [-0.15, -0.1) is 0 Å². The summed E-state index contributed by atoms with van der Waals surface area (Å²) in [5, 5.41) is 5.50. The summed E-state index contributed by atoms with van der Waals surface area (Å²) in [7, 11) is 0. The summed E-state index contributed by atoms with van der Waals surface area (Å²) in [4.78, 5) is 34.5. The van der Waals surface area contributed by atoms with Crippen LogP contribution in [0, 0.1) is 5.92 Å². The molecule has 1 aromatic carbocycles. The molecular weight excluding hydrogens is 320 g/mol. The first-order valence-electron chi connectivity index (χ1n) is 8.82. The van der Waals surface area contributed by atoms with Gasteiger partial charge < -0.3 is 15.4 Å². The van der Waals surface area contributed by atoms with E-state index in [1.165, 1.54) is 26.2 Å². The Balaban J connectivity index is 1.65. The van der Waals surface area contributed by atoms with Crippen LogP contribution in [0.2, 0.25) is 0 Å². The van der Waals surface area contributed by atoms with Gasteiger partial charge in [-0.05, 0) is 36.5 Å². The largest absolute Gasteiger partial charge is 0.455 e. The highest BCUT2D eigenvalue weighted by Gasteiger charge is 2.15. The van der Waals surface area contributed by atoms with Crippen LogP contribution in [0.15, 0.2) is 24.3 Å². The van der Waals surface area contributed by atoms with Crippen molar-refractivity contribution in [2.45, 2.75) is 45.4 Å². The number of hydrogen-bond acceptors (Lipinski definition) is 4. The fourth-order valence-corrected chi connectivity index (χ4v) is 2.97. The van der Waals surface area contributed by atoms with Gasteiger partial charge in [0.05, 0.1) is 6.42 Å². The summed E-state index contributed by atoms with van der Waals surface area (Å²) in [5.41, 5.74) is 1.44. The number of hydrogen-bond donors (Lipinski definition) is 2. The Bertz CT molecular complexity index is 592. The highest BCUT2D eigenvalue weighted by molar-refractivity contribution is 5.88. The minimum Gasteiger partial charge on any atom is -0.455 e. The minimum atomic E-state index is -0.444. The second-order valence-electron chi connectivity index (χ2n) is 6.52. The van der Waals surface area contributed by atoms with Crippen LogP contribution in [-0.4, -0.2) is 30.9 Å². The molecule has 0 atom stereocenters. The Morgan fingerprint density at radius 3 is 2.40 bits per heavy atom. The number of benzene rings is 1. The molecule has 0 bridgehead atoms. The topological polar surface area (TPSA) is 84.5 Å². The molecule has 25 heavy (non-hydrogen) atoms. The zero-order valence-corrected chi connectivity index (χ0v) is 14.7. The summed E-state index contributed by atoms with van der Waals surface area (Å²) >= 11 is 0. The molecule has 2 N–H and O–H groups in total. The van der Waals surface area contributed by atoms with Crippen molar-refractivity contribution in [1.82, 2.24) is 5.32 Å². The normalized spacial score (nSPS) is 14.6. The van der Waals surface area contributed by atoms with Crippen LogP contribution in [0.4, 0.5) is 5.69 Å². The maximum atomic E-state index is 11.8. The molecule has 1 aromatic rings. The fraction of sp³-hybridized carbons (Fsp3) is 0.526. The average Bonchev–Trinajstić information content (AvgIpc) is 2.60. The van der Waals surface area contributed by atoms with Crippen LogP contribution in [0.25, 0.3) is 0 Å². The first kappa shape index (κ1) is 19.0. The predicted octanol–water partition coefficient (Wildman–Crippen LogP) is 2.43. The van der Waals surface area contributed by atoms with Gasteiger partial charge in [-0.1, -0.05) is 31.4 Å². The van der Waals surface area contributed by atoms with Crippen LogP contribution in [-0.2, 0) is 25.5 Å². The summed E-state index contributed by atoms with van der Waals surface area (Å²) < 4.78 is 5.02. The molecule has 0 heterocycles. The van der Waals surface area contributed by atoms with E-state index in [1.807, 2.05) is 0 Å². The Morgan fingerprint density at radius 1 is 1.08 bits per heavy atom. The predicted molar refractivity (Wildman–Crippen MR) is 95.0 cm³/mol. The molecule has 0 unspecified atom stereocenters. The average molecular weight is 346 g/mol. The molecule has 0 radical (unpaired) electrons. The van der Waals surface area contributed by atoms with Gasteiger partial charge in [0.25, 0.3) is 5.91 Å². The van der Waals surface area contributed by atoms with Crippen LogP contribution in [0.3, 0.4) is 0 Å². The molecule has 136 valence electrons. The van der Waals surface area contributed by atoms with Crippen molar-refractivity contribution in [2.75, 3.05) is 18.5 Å². The van der Waals surface area contributed by atoms with E-state index in [9.17, 15) is 14.4 Å². The quantitative estimate of drug-likeness (QED) is 0.743. The number of rotatable bonds is 7. The van der Waals surface area contributed by atoms with E-state index >= 15 is 0 Å². The van der Waals surface area contributed by atoms with Gasteiger partial charge in [-0.25, -0.2) is 0 Å². The second-order valence-corrected chi connectivity index (χ2v) is 6.52. The Hall–Kier alpha value is -2.37. The van der Waals surface area contributed by atoms with Crippen molar-refractivity contribution in [3.05, 3.63) is 29.8 Å². The van der Waals surface area contributed by atoms with Gasteiger partial charge in [-0.2, -0.15) is 0 Å². The van der Waals surface area contributed by atoms with Gasteiger partial charge in [0.15, 0.2) is 6.61 Å². The summed E-state index contributed by atoms with van der Waals surface area (Å²) in [6.07, 6.45) is 6.17. The first-order valence-corrected chi connectivity index (χ1v) is 8.82. The van der Waals surface area contributed by atoms with Crippen LogP contribution < -0.4 is 10.6 Å². The lowest BCUT2D eigenvalue weighted by atomic mass is 9.89. The standard InChI is InChI=1S/C19H26N2O4/c1-14(22)21-17-9-7-15(8-10-17)11-19(24)25-13-18(23)20-12-16-5-3-2-4-6-16/h7-10,16H,2-6,11-13H2,1H3,(H,20,23)(H,21,22). The highest BCUT2D eigenvalue weighted by Crippen LogP contribution is 2.22. The van der Waals surface area contributed by atoms with E-state index in [4.69, 9.17) is 4.74 Å². The van der Waals surface area contributed by atoms with Crippen molar-refractivity contribution in [3.8, 4) is 0 Å². The van der Waals surface area contributed by atoms with Gasteiger partial charge >= 0.3 is 5.97 Å². The molecule has 1 aliphatic carbocycles. The van der Waals surface area contributed by atoms with Crippen LogP contribution in [0.5, 0.6) is 0 Å². The maximum Gasteiger partial charge on any atom is 0.310 e. The van der Waals surface area contributed by atoms with E-state index in [-0.39, 0.29) is 24.8 Å². The Labute approximate surface area is 148 Å². The fourth-order valence-electron chi connectivity index (χ4n) is 2.97. The monoisotopic (exact) mass is 346 g/mol. The van der Waals surface area contributed by atoms with E-state index in [0.29, 0.717) is 18.2 Å². The summed E-state index contributed by atoms with van der Waals surface area (Å²) in [5.74, 6) is -0.290. The number of carbonyl (C=O) groups is 3. The lowest BCUT2D eigenvalue weighted by Crippen LogP contribution is -2.33. The molecular formula is C19H26N2O4. The minimum absolute atomic E-state index is 0.0935. The van der Waals surface area contributed by atoms with Crippen LogP contribution in [0.1, 0.15) is 44.6 Å². The van der Waals surface area contributed by atoms with Crippen molar-refractivity contribution in [3.63, 3.8) is 0 Å². The number of nitrogens with one attached hydrogen (secondary N) is 2. The molecule has 1 fully saturated rings. The zero-order valence-electron chi connectivity index (χ0n) is 14.7. The molecule has 0 aliphatic heterocycles. The third kappa shape index (κ3) is 7.37. The summed E-state index contributed by atoms with van der Waals surface area (Å²) in [6, 6.07) is 6.94. The second kappa shape index (κ2) is 9.81. The third-order valence-electron chi connectivity index (χ3n) is 4.30. The van der Waals surface area contributed by atoms with Crippen LogP contribution >= 0.6 is 0 Å². The summed E-state index contributed by atoms with van der Waals surface area (Å²) in [6.45, 7) is 1.86. The molecule has 6 nitrogen and oxygen atoms in total. The van der Waals surface area contributed by atoms with E-state index in [1.54, 1.807) is 24.3 Å². The molecule has 0 saturated heterocycles. The Kier molecular flexibility index (Phi) is 7.44. The van der Waals surface area contributed by atoms with Crippen molar-refractivity contribution >= 4 is 23.5 Å². The number of anilines is 1. The maximum absolute atomic E-state index is 11.8. The first-order chi connectivity index (χ1) is 12.0. The van der Waals surface area contributed by atoms with Gasteiger partial charge in [0.2, 0.25) is 5.91 Å². The smallest absolute Gasteiger partial charge is 0.310 e. The lowest BCUT2D eigenvalue weighted by molar-refractivity contribution is -0.147. The van der Waals surface area contributed by atoms with Crippen molar-refractivity contribution < 1.29 is 19.1 Å². The lowest BCUT2D eigenvalue weighted by Gasteiger charge is -2.21. The molecule has 1 saturated carbocycles. The number of esters is 1. The number of carbonyl (C=O) groups excluding carboxylic acids is 3. The number of ether oxygens (including phenoxy) is 1. The van der Waals surface area contributed by atoms with Crippen molar-refractivity contribution in [2.24, 2.45) is 5.92 Å². The molecule has 0 spiro atoms. The highest BCUT2D eigenvalue weighted by atomic mass is 16.5. The van der Waals surface area contributed by atoms with E-state index in [2.05, 4.69) is 10.6 Å². The van der Waals surface area contributed by atoms with Gasteiger partial charge in [-0.3, -0.25) is 14.4 Å². The van der Waals surface area contributed by atoms with E-state index in [0.717, 1.165) is 18.4 Å². The molecule has 0 aromatic heterocycles. The molecule has 6 heteroatoms. The number of amides is 2.